The number of hydrogen-bond acceptors (Lipinski definition) is 5. The third-order valence-electron chi connectivity index (χ3n) is 3.72. The Morgan fingerprint density at radius 2 is 2.08 bits per heavy atom. The number of nitrogens with zero attached hydrogens (tertiary/aromatic N) is 4. The van der Waals surface area contributed by atoms with Gasteiger partial charge in [-0.3, -0.25) is 4.99 Å². The van der Waals surface area contributed by atoms with Crippen LogP contribution in [0.25, 0.3) is 0 Å². The Morgan fingerprint density at radius 1 is 1.31 bits per heavy atom. The zero-order chi connectivity index (χ0) is 18.8. The topological polar surface area (TPSA) is 75.8 Å². The van der Waals surface area contributed by atoms with Gasteiger partial charge in [-0.2, -0.15) is 4.98 Å². The van der Waals surface area contributed by atoms with Crippen molar-refractivity contribution in [3.05, 3.63) is 42.0 Å². The molecule has 0 atom stereocenters. The van der Waals surface area contributed by atoms with Crippen molar-refractivity contribution in [1.29, 1.82) is 0 Å². The van der Waals surface area contributed by atoms with Gasteiger partial charge in [-0.15, -0.1) is 0 Å². The molecule has 26 heavy (non-hydrogen) atoms. The molecule has 0 radical (unpaired) electrons. The van der Waals surface area contributed by atoms with Gasteiger partial charge in [0.15, 0.2) is 11.8 Å². The van der Waals surface area contributed by atoms with E-state index in [1.807, 2.05) is 51.2 Å². The fourth-order valence-electron chi connectivity index (χ4n) is 2.25. The number of ether oxygens (including phenoxy) is 1. The molecule has 0 saturated carbocycles. The number of aromatic nitrogens is 2. The van der Waals surface area contributed by atoms with E-state index in [1.165, 1.54) is 0 Å². The SMILES string of the molecule is CCNC(=NCCc1nc(C(C)C)no1)N(C)CCOc1ccccc1. The molecule has 142 valence electrons. The van der Waals surface area contributed by atoms with Gasteiger partial charge in [-0.05, 0) is 19.1 Å². The van der Waals surface area contributed by atoms with Gasteiger partial charge in [0.25, 0.3) is 0 Å². The van der Waals surface area contributed by atoms with Crippen LogP contribution in [0.3, 0.4) is 0 Å². The highest BCUT2D eigenvalue weighted by atomic mass is 16.5. The van der Waals surface area contributed by atoms with Gasteiger partial charge in [0.2, 0.25) is 5.89 Å². The molecule has 0 saturated heterocycles. The fourth-order valence-corrected chi connectivity index (χ4v) is 2.25. The Morgan fingerprint density at radius 3 is 2.73 bits per heavy atom. The van der Waals surface area contributed by atoms with E-state index in [0.717, 1.165) is 30.6 Å². The average Bonchev–Trinajstić information content (AvgIpc) is 3.11. The summed E-state index contributed by atoms with van der Waals surface area (Å²) in [7, 11) is 2.00. The van der Waals surface area contributed by atoms with Crippen molar-refractivity contribution < 1.29 is 9.26 Å². The second kappa shape index (κ2) is 10.4. The molecule has 0 spiro atoms. The summed E-state index contributed by atoms with van der Waals surface area (Å²) in [6.45, 7) is 8.86. The van der Waals surface area contributed by atoms with Gasteiger partial charge in [0.05, 0.1) is 13.1 Å². The standard InChI is InChI=1S/C19H29N5O2/c1-5-20-19(21-12-11-17-22-18(15(2)3)23-26-17)24(4)13-14-25-16-9-7-6-8-10-16/h6-10,15H,5,11-14H2,1-4H3,(H,20,21). The molecule has 0 aliphatic rings. The summed E-state index contributed by atoms with van der Waals surface area (Å²) in [6, 6.07) is 9.81. The van der Waals surface area contributed by atoms with Crippen molar-refractivity contribution in [2.45, 2.75) is 33.1 Å². The normalized spacial score (nSPS) is 11.7. The first kappa shape index (κ1) is 19.8. The minimum atomic E-state index is 0.268. The monoisotopic (exact) mass is 359 g/mol. The molecule has 1 heterocycles. The van der Waals surface area contributed by atoms with Crippen LogP contribution >= 0.6 is 0 Å². The van der Waals surface area contributed by atoms with Gasteiger partial charge in [0.1, 0.15) is 12.4 Å². The lowest BCUT2D eigenvalue weighted by Gasteiger charge is -2.22. The molecule has 1 N–H and O–H groups in total. The summed E-state index contributed by atoms with van der Waals surface area (Å²) < 4.78 is 11.0. The van der Waals surface area contributed by atoms with Crippen LogP contribution in [0, 0.1) is 0 Å². The predicted molar refractivity (Wildman–Crippen MR) is 103 cm³/mol. The fraction of sp³-hybridized carbons (Fsp3) is 0.526. The van der Waals surface area contributed by atoms with Gasteiger partial charge < -0.3 is 19.5 Å². The van der Waals surface area contributed by atoms with Crippen molar-refractivity contribution in [3.63, 3.8) is 0 Å². The predicted octanol–water partition coefficient (Wildman–Crippen LogP) is 2.71. The van der Waals surface area contributed by atoms with Gasteiger partial charge in [-0.1, -0.05) is 37.2 Å². The largest absolute Gasteiger partial charge is 0.492 e. The zero-order valence-electron chi connectivity index (χ0n) is 16.1. The lowest BCUT2D eigenvalue weighted by Crippen LogP contribution is -2.41. The van der Waals surface area contributed by atoms with Crippen LogP contribution in [0.4, 0.5) is 0 Å². The highest BCUT2D eigenvalue weighted by Gasteiger charge is 2.10. The van der Waals surface area contributed by atoms with Crippen molar-refractivity contribution >= 4 is 5.96 Å². The highest BCUT2D eigenvalue weighted by molar-refractivity contribution is 5.79. The molecule has 2 aromatic rings. The number of nitrogens with one attached hydrogen (secondary N) is 1. The van der Waals surface area contributed by atoms with Crippen molar-refractivity contribution in [1.82, 2.24) is 20.4 Å². The van der Waals surface area contributed by atoms with Gasteiger partial charge >= 0.3 is 0 Å². The lowest BCUT2D eigenvalue weighted by molar-refractivity contribution is 0.281. The third kappa shape index (κ3) is 6.38. The maximum Gasteiger partial charge on any atom is 0.228 e. The van der Waals surface area contributed by atoms with Gasteiger partial charge in [0, 0.05) is 25.9 Å². The number of likely N-dealkylation sites (N-methyl/N-ethyl adjacent to an activating group) is 1. The summed E-state index contributed by atoms with van der Waals surface area (Å²) in [6.07, 6.45) is 0.628. The number of aliphatic imine (C=N–C) groups is 1. The van der Waals surface area contributed by atoms with E-state index in [0.29, 0.717) is 25.5 Å². The molecule has 2 rings (SSSR count). The van der Waals surface area contributed by atoms with Gasteiger partial charge in [-0.25, -0.2) is 0 Å². The third-order valence-corrected chi connectivity index (χ3v) is 3.72. The molecule has 0 aliphatic heterocycles. The summed E-state index contributed by atoms with van der Waals surface area (Å²) >= 11 is 0. The smallest absolute Gasteiger partial charge is 0.228 e. The van der Waals surface area contributed by atoms with Crippen LogP contribution in [-0.2, 0) is 6.42 Å². The van der Waals surface area contributed by atoms with E-state index >= 15 is 0 Å². The first-order chi connectivity index (χ1) is 12.6. The molecule has 0 aliphatic carbocycles. The maximum absolute atomic E-state index is 5.75. The number of guanidine groups is 1. The van der Waals surface area contributed by atoms with E-state index in [-0.39, 0.29) is 5.92 Å². The minimum absolute atomic E-state index is 0.268. The zero-order valence-corrected chi connectivity index (χ0v) is 16.1. The number of benzene rings is 1. The van der Waals surface area contributed by atoms with Crippen molar-refractivity contribution in [2.75, 3.05) is 33.3 Å². The van der Waals surface area contributed by atoms with E-state index in [2.05, 4.69) is 32.3 Å². The molecule has 0 fully saturated rings. The minimum Gasteiger partial charge on any atom is -0.492 e. The van der Waals surface area contributed by atoms with E-state index in [4.69, 9.17) is 9.26 Å². The Hall–Kier alpha value is -2.57. The first-order valence-electron chi connectivity index (χ1n) is 9.10. The molecule has 7 heteroatoms. The van der Waals surface area contributed by atoms with E-state index in [9.17, 15) is 0 Å². The second-order valence-corrected chi connectivity index (χ2v) is 6.27. The van der Waals surface area contributed by atoms with E-state index < -0.39 is 0 Å². The Labute approximate surface area is 155 Å². The summed E-state index contributed by atoms with van der Waals surface area (Å²) in [4.78, 5) is 11.1. The quantitative estimate of drug-likeness (QED) is 0.548. The Bertz CT molecular complexity index is 670. The van der Waals surface area contributed by atoms with Crippen LogP contribution in [0.5, 0.6) is 5.75 Å². The number of hydrogen-bond donors (Lipinski definition) is 1. The highest BCUT2D eigenvalue weighted by Crippen LogP contribution is 2.10. The molecule has 7 nitrogen and oxygen atoms in total. The molecular formula is C19H29N5O2. The number of rotatable bonds is 9. The Balaban J connectivity index is 1.81. The van der Waals surface area contributed by atoms with Crippen molar-refractivity contribution in [2.24, 2.45) is 4.99 Å². The number of para-hydroxylation sites is 1. The summed E-state index contributed by atoms with van der Waals surface area (Å²) in [5, 5.41) is 7.27. The first-order valence-corrected chi connectivity index (χ1v) is 9.10. The average molecular weight is 359 g/mol. The molecule has 0 amide bonds. The Kier molecular flexibility index (Phi) is 7.92. The van der Waals surface area contributed by atoms with Crippen LogP contribution < -0.4 is 10.1 Å². The molecular weight excluding hydrogens is 330 g/mol. The molecule has 0 unspecified atom stereocenters. The van der Waals surface area contributed by atoms with Crippen LogP contribution in [-0.4, -0.2) is 54.3 Å². The molecule has 1 aromatic carbocycles. The van der Waals surface area contributed by atoms with Crippen LogP contribution in [0.2, 0.25) is 0 Å². The molecule has 1 aromatic heterocycles. The lowest BCUT2D eigenvalue weighted by atomic mass is 10.2. The second-order valence-electron chi connectivity index (χ2n) is 6.27. The molecule has 0 bridgehead atoms. The van der Waals surface area contributed by atoms with E-state index in [1.54, 1.807) is 0 Å². The maximum atomic E-state index is 5.75. The van der Waals surface area contributed by atoms with Crippen LogP contribution in [0.15, 0.2) is 39.8 Å². The summed E-state index contributed by atoms with van der Waals surface area (Å²) in [5.41, 5.74) is 0. The van der Waals surface area contributed by atoms with Crippen LogP contribution in [0.1, 0.15) is 38.4 Å². The summed E-state index contributed by atoms with van der Waals surface area (Å²) in [5.74, 6) is 3.35. The van der Waals surface area contributed by atoms with Crippen molar-refractivity contribution in [3.8, 4) is 5.75 Å².